The molecule has 4 nitrogen and oxygen atoms in total. The van der Waals surface area contributed by atoms with E-state index in [1.54, 1.807) is 6.92 Å². The number of halogens is 3. The number of rotatable bonds is 6. The van der Waals surface area contributed by atoms with Crippen LogP contribution in [0.15, 0.2) is 0 Å². The lowest BCUT2D eigenvalue weighted by Crippen LogP contribution is -2.55. The number of hydrogen-bond acceptors (Lipinski definition) is 4. The van der Waals surface area contributed by atoms with E-state index < -0.39 is 37.6 Å². The molecule has 92 valence electrons. The van der Waals surface area contributed by atoms with Gasteiger partial charge in [-0.05, 0) is 6.42 Å². The molecule has 0 fully saturated rings. The zero-order valence-electron chi connectivity index (χ0n) is 8.38. The van der Waals surface area contributed by atoms with Crippen molar-refractivity contribution in [1.29, 1.82) is 0 Å². The van der Waals surface area contributed by atoms with Gasteiger partial charge < -0.3 is 20.6 Å². The van der Waals surface area contributed by atoms with Crippen LogP contribution in [0.2, 0.25) is 0 Å². The molecule has 0 aromatic carbocycles. The fraction of sp³-hybridized carbons (Fsp3) is 1.00. The molecule has 15 heavy (non-hydrogen) atoms. The van der Waals surface area contributed by atoms with E-state index in [4.69, 9.17) is 15.3 Å². The smallest absolute Gasteiger partial charge is 0.394 e. The third-order valence-electron chi connectivity index (χ3n) is 2.33. The maximum absolute atomic E-state index is 11.9. The van der Waals surface area contributed by atoms with E-state index in [2.05, 4.69) is 5.32 Å². The second kappa shape index (κ2) is 5.64. The van der Waals surface area contributed by atoms with Gasteiger partial charge in [-0.25, -0.2) is 0 Å². The third-order valence-corrected chi connectivity index (χ3v) is 2.33. The summed E-state index contributed by atoms with van der Waals surface area (Å²) in [6, 6.07) is 0. The minimum absolute atomic E-state index is 0.255. The van der Waals surface area contributed by atoms with Crippen molar-refractivity contribution < 1.29 is 28.5 Å². The largest absolute Gasteiger partial charge is 0.415 e. The number of aliphatic hydroxyl groups is 3. The molecular weight excluding hydrogens is 215 g/mol. The minimum Gasteiger partial charge on any atom is -0.394 e. The van der Waals surface area contributed by atoms with Crippen LogP contribution in [-0.2, 0) is 0 Å². The molecule has 0 aliphatic carbocycles. The average Bonchev–Trinajstić information content (AvgIpc) is 2.19. The highest BCUT2D eigenvalue weighted by atomic mass is 19.4. The fourth-order valence-electron chi connectivity index (χ4n) is 0.939. The molecule has 0 aliphatic rings. The molecule has 4 N–H and O–H groups in total. The molecule has 0 amide bonds. The van der Waals surface area contributed by atoms with Gasteiger partial charge in [-0.15, -0.1) is 0 Å². The molecule has 0 rings (SSSR count). The van der Waals surface area contributed by atoms with Crippen LogP contribution in [0, 0.1) is 0 Å². The number of hydrogen-bond donors (Lipinski definition) is 4. The molecule has 0 saturated carbocycles. The highest BCUT2D eigenvalue weighted by Crippen LogP contribution is 2.20. The Bertz CT molecular complexity index is 174. The van der Waals surface area contributed by atoms with Gasteiger partial charge in [-0.1, -0.05) is 6.92 Å². The summed E-state index contributed by atoms with van der Waals surface area (Å²) in [5, 5.41) is 28.8. The van der Waals surface area contributed by atoms with Crippen molar-refractivity contribution in [2.75, 3.05) is 19.8 Å². The Balaban J connectivity index is 4.23. The highest BCUT2D eigenvalue weighted by molar-refractivity contribution is 4.87. The van der Waals surface area contributed by atoms with E-state index in [0.29, 0.717) is 0 Å². The lowest BCUT2D eigenvalue weighted by Gasteiger charge is -2.31. The Morgan fingerprint density at radius 2 is 1.67 bits per heavy atom. The monoisotopic (exact) mass is 231 g/mol. The fourth-order valence-corrected chi connectivity index (χ4v) is 0.939. The molecule has 0 radical (unpaired) electrons. The van der Waals surface area contributed by atoms with E-state index in [1.807, 2.05) is 0 Å². The minimum atomic E-state index is -4.70. The van der Waals surface area contributed by atoms with E-state index in [0.717, 1.165) is 0 Å². The first-order chi connectivity index (χ1) is 6.81. The Hall–Kier alpha value is -0.370. The van der Waals surface area contributed by atoms with Crippen molar-refractivity contribution in [3.05, 3.63) is 0 Å². The van der Waals surface area contributed by atoms with Crippen LogP contribution in [0.3, 0.4) is 0 Å². The summed E-state index contributed by atoms with van der Waals surface area (Å²) in [6.07, 6.45) is -6.94. The van der Waals surface area contributed by atoms with E-state index in [9.17, 15) is 13.2 Å². The van der Waals surface area contributed by atoms with Crippen LogP contribution in [-0.4, -0.2) is 52.9 Å². The van der Waals surface area contributed by atoms with Crippen molar-refractivity contribution >= 4 is 0 Å². The van der Waals surface area contributed by atoms with Gasteiger partial charge >= 0.3 is 6.18 Å². The predicted molar refractivity (Wildman–Crippen MR) is 47.3 cm³/mol. The van der Waals surface area contributed by atoms with Crippen molar-refractivity contribution in [3.63, 3.8) is 0 Å². The second-order valence-corrected chi connectivity index (χ2v) is 3.39. The third kappa shape index (κ3) is 4.33. The van der Waals surface area contributed by atoms with Crippen LogP contribution in [0.5, 0.6) is 0 Å². The Morgan fingerprint density at radius 1 is 1.20 bits per heavy atom. The molecule has 0 aromatic heterocycles. The SMILES string of the molecule is CCC(CO)(CO)NCC(O)C(F)(F)F. The Kier molecular flexibility index (Phi) is 5.50. The zero-order chi connectivity index (χ0) is 12.1. The maximum Gasteiger partial charge on any atom is 0.415 e. The lowest BCUT2D eigenvalue weighted by molar-refractivity contribution is -0.203. The van der Waals surface area contributed by atoms with Gasteiger partial charge in [-0.2, -0.15) is 13.2 Å². The molecule has 7 heteroatoms. The van der Waals surface area contributed by atoms with Crippen LogP contribution in [0.25, 0.3) is 0 Å². The standard InChI is InChI=1S/C8H16F3NO3/c1-2-7(4-13,5-14)12-3-6(15)8(9,10)11/h6,12-15H,2-5H2,1H3. The van der Waals surface area contributed by atoms with Crippen molar-refractivity contribution in [3.8, 4) is 0 Å². The summed E-state index contributed by atoms with van der Waals surface area (Å²) in [7, 11) is 0. The first-order valence-corrected chi connectivity index (χ1v) is 4.53. The van der Waals surface area contributed by atoms with E-state index in [1.165, 1.54) is 0 Å². The molecular formula is C8H16F3NO3. The van der Waals surface area contributed by atoms with Crippen LogP contribution in [0.1, 0.15) is 13.3 Å². The Labute approximate surface area is 85.7 Å². The molecule has 0 aliphatic heterocycles. The maximum atomic E-state index is 11.9. The number of β-amino-alcohol motifs (C(OH)–C–C–N with tert-alkyl or cyclic N) is 1. The summed E-state index contributed by atoms with van der Waals surface area (Å²) in [6.45, 7) is -0.132. The van der Waals surface area contributed by atoms with Gasteiger partial charge in [0.25, 0.3) is 0 Å². The second-order valence-electron chi connectivity index (χ2n) is 3.39. The summed E-state index contributed by atoms with van der Waals surface area (Å²) in [5.74, 6) is 0. The van der Waals surface area contributed by atoms with Crippen molar-refractivity contribution in [2.45, 2.75) is 31.2 Å². The molecule has 0 bridgehead atoms. The van der Waals surface area contributed by atoms with Gasteiger partial charge in [-0.3, -0.25) is 0 Å². The van der Waals surface area contributed by atoms with Gasteiger partial charge in [0.05, 0.1) is 18.8 Å². The molecule has 1 unspecified atom stereocenters. The number of alkyl halides is 3. The quantitative estimate of drug-likeness (QED) is 0.503. The van der Waals surface area contributed by atoms with E-state index >= 15 is 0 Å². The topological polar surface area (TPSA) is 72.7 Å². The number of nitrogens with one attached hydrogen (secondary N) is 1. The van der Waals surface area contributed by atoms with Gasteiger partial charge in [0.1, 0.15) is 0 Å². The highest BCUT2D eigenvalue weighted by Gasteiger charge is 2.39. The molecule has 1 atom stereocenters. The van der Waals surface area contributed by atoms with Gasteiger partial charge in [0, 0.05) is 6.54 Å². The molecule has 0 spiro atoms. The summed E-state index contributed by atoms with van der Waals surface area (Å²) in [4.78, 5) is 0. The first kappa shape index (κ1) is 14.6. The van der Waals surface area contributed by atoms with Crippen molar-refractivity contribution in [1.82, 2.24) is 5.32 Å². The predicted octanol–water partition coefficient (Wildman–Crippen LogP) is -0.367. The Morgan fingerprint density at radius 3 is 1.93 bits per heavy atom. The van der Waals surface area contributed by atoms with Crippen LogP contribution >= 0.6 is 0 Å². The van der Waals surface area contributed by atoms with Crippen LogP contribution < -0.4 is 5.32 Å². The number of aliphatic hydroxyl groups excluding tert-OH is 3. The van der Waals surface area contributed by atoms with Crippen molar-refractivity contribution in [2.24, 2.45) is 0 Å². The lowest BCUT2D eigenvalue weighted by atomic mass is 9.98. The normalized spacial score (nSPS) is 15.4. The summed E-state index contributed by atoms with van der Waals surface area (Å²) in [5.41, 5.74) is -1.17. The van der Waals surface area contributed by atoms with Crippen LogP contribution in [0.4, 0.5) is 13.2 Å². The molecule has 0 heterocycles. The van der Waals surface area contributed by atoms with Gasteiger partial charge in [0.2, 0.25) is 0 Å². The first-order valence-electron chi connectivity index (χ1n) is 4.53. The van der Waals surface area contributed by atoms with Gasteiger partial charge in [0.15, 0.2) is 6.10 Å². The summed E-state index contributed by atoms with van der Waals surface area (Å²) >= 11 is 0. The average molecular weight is 231 g/mol. The molecule has 0 saturated heterocycles. The molecule has 0 aromatic rings. The summed E-state index contributed by atoms with van der Waals surface area (Å²) < 4.78 is 35.8. The zero-order valence-corrected chi connectivity index (χ0v) is 8.38. The van der Waals surface area contributed by atoms with E-state index in [-0.39, 0.29) is 6.42 Å².